The van der Waals surface area contributed by atoms with Crippen molar-refractivity contribution in [3.05, 3.63) is 47.0 Å². The van der Waals surface area contributed by atoms with Crippen molar-refractivity contribution in [1.82, 2.24) is 9.55 Å². The van der Waals surface area contributed by atoms with Gasteiger partial charge in [0.15, 0.2) is 5.82 Å². The van der Waals surface area contributed by atoms with Gasteiger partial charge in [0, 0.05) is 30.7 Å². The van der Waals surface area contributed by atoms with Crippen molar-refractivity contribution >= 4 is 11.5 Å². The van der Waals surface area contributed by atoms with Gasteiger partial charge in [-0.3, -0.25) is 4.79 Å². The van der Waals surface area contributed by atoms with Crippen molar-refractivity contribution < 1.29 is 4.79 Å². The molecule has 0 unspecified atom stereocenters. The summed E-state index contributed by atoms with van der Waals surface area (Å²) in [4.78, 5) is 16.3. The molecule has 0 atom stereocenters. The maximum atomic E-state index is 12.3. The summed E-state index contributed by atoms with van der Waals surface area (Å²) in [6.07, 6.45) is 3.36. The second kappa shape index (κ2) is 4.05. The van der Waals surface area contributed by atoms with E-state index in [4.69, 9.17) is 5.73 Å². The van der Waals surface area contributed by atoms with Gasteiger partial charge in [0.25, 0.3) is 0 Å². The number of aryl methyl sites for hydroxylation is 3. The van der Waals surface area contributed by atoms with E-state index in [1.165, 1.54) is 0 Å². The lowest BCUT2D eigenvalue weighted by Crippen LogP contribution is -2.11. The molecule has 0 saturated carbocycles. The SMILES string of the molecule is Cc1cc(C)c(C(=O)c2nccn2C)cc1N. The van der Waals surface area contributed by atoms with Crippen molar-refractivity contribution in [2.75, 3.05) is 5.73 Å². The van der Waals surface area contributed by atoms with Gasteiger partial charge in [-0.15, -0.1) is 0 Å². The Bertz CT molecular complexity index is 584. The van der Waals surface area contributed by atoms with Crippen molar-refractivity contribution in [1.29, 1.82) is 0 Å². The molecule has 0 aliphatic carbocycles. The molecule has 0 aliphatic heterocycles. The molecule has 0 radical (unpaired) electrons. The molecule has 1 aromatic heterocycles. The molecule has 0 aliphatic rings. The number of carbonyl (C=O) groups is 1. The van der Waals surface area contributed by atoms with Crippen LogP contribution in [0.15, 0.2) is 24.5 Å². The highest BCUT2D eigenvalue weighted by atomic mass is 16.1. The smallest absolute Gasteiger partial charge is 0.228 e. The molecular weight excluding hydrogens is 214 g/mol. The zero-order valence-electron chi connectivity index (χ0n) is 10.2. The van der Waals surface area contributed by atoms with Crippen molar-refractivity contribution in [3.8, 4) is 0 Å². The van der Waals surface area contributed by atoms with Gasteiger partial charge in [-0.05, 0) is 31.0 Å². The van der Waals surface area contributed by atoms with E-state index < -0.39 is 0 Å². The zero-order chi connectivity index (χ0) is 12.6. The molecule has 0 saturated heterocycles. The lowest BCUT2D eigenvalue weighted by molar-refractivity contribution is 0.102. The summed E-state index contributed by atoms with van der Waals surface area (Å²) in [5, 5.41) is 0. The predicted octanol–water partition coefficient (Wildman–Crippen LogP) is 1.85. The van der Waals surface area contributed by atoms with E-state index in [0.717, 1.165) is 11.1 Å². The summed E-state index contributed by atoms with van der Waals surface area (Å²) in [7, 11) is 1.80. The summed E-state index contributed by atoms with van der Waals surface area (Å²) in [6.45, 7) is 3.83. The third kappa shape index (κ3) is 1.93. The van der Waals surface area contributed by atoms with E-state index in [-0.39, 0.29) is 5.78 Å². The van der Waals surface area contributed by atoms with Crippen LogP contribution < -0.4 is 5.73 Å². The van der Waals surface area contributed by atoms with Gasteiger partial charge in [0.1, 0.15) is 0 Å². The Morgan fingerprint density at radius 2 is 2.00 bits per heavy atom. The van der Waals surface area contributed by atoms with E-state index in [9.17, 15) is 4.79 Å². The Morgan fingerprint density at radius 1 is 1.29 bits per heavy atom. The van der Waals surface area contributed by atoms with Crippen LogP contribution in [0.1, 0.15) is 27.3 Å². The number of benzene rings is 1. The summed E-state index contributed by atoms with van der Waals surface area (Å²) in [5.74, 6) is 0.332. The van der Waals surface area contributed by atoms with Gasteiger partial charge >= 0.3 is 0 Å². The lowest BCUT2D eigenvalue weighted by Gasteiger charge is -2.08. The number of carbonyl (C=O) groups excluding carboxylic acids is 1. The largest absolute Gasteiger partial charge is 0.398 e. The van der Waals surface area contributed by atoms with E-state index in [2.05, 4.69) is 4.98 Å². The highest BCUT2D eigenvalue weighted by molar-refractivity contribution is 6.08. The maximum Gasteiger partial charge on any atom is 0.228 e. The van der Waals surface area contributed by atoms with E-state index in [1.54, 1.807) is 30.1 Å². The highest BCUT2D eigenvalue weighted by Crippen LogP contribution is 2.20. The summed E-state index contributed by atoms with van der Waals surface area (Å²) >= 11 is 0. The number of ketones is 1. The molecule has 0 amide bonds. The Balaban J connectivity index is 2.52. The number of anilines is 1. The lowest BCUT2D eigenvalue weighted by atomic mass is 10.0. The van der Waals surface area contributed by atoms with Crippen LogP contribution in [0, 0.1) is 13.8 Å². The molecule has 0 bridgehead atoms. The van der Waals surface area contributed by atoms with E-state index in [1.807, 2.05) is 19.9 Å². The molecule has 17 heavy (non-hydrogen) atoms. The van der Waals surface area contributed by atoms with Crippen LogP contribution in [0.5, 0.6) is 0 Å². The fraction of sp³-hybridized carbons (Fsp3) is 0.231. The van der Waals surface area contributed by atoms with Gasteiger partial charge in [-0.25, -0.2) is 4.98 Å². The quantitative estimate of drug-likeness (QED) is 0.631. The monoisotopic (exact) mass is 229 g/mol. The Morgan fingerprint density at radius 3 is 2.59 bits per heavy atom. The molecule has 1 aromatic carbocycles. The third-order valence-corrected chi connectivity index (χ3v) is 2.88. The molecule has 2 rings (SSSR count). The van der Waals surface area contributed by atoms with Crippen molar-refractivity contribution in [3.63, 3.8) is 0 Å². The molecule has 88 valence electrons. The maximum absolute atomic E-state index is 12.3. The third-order valence-electron chi connectivity index (χ3n) is 2.88. The number of nitrogens with zero attached hydrogens (tertiary/aromatic N) is 2. The number of hydrogen-bond donors (Lipinski definition) is 1. The second-order valence-corrected chi connectivity index (χ2v) is 4.21. The number of rotatable bonds is 2. The zero-order valence-corrected chi connectivity index (χ0v) is 10.2. The van der Waals surface area contributed by atoms with Crippen LogP contribution in [-0.4, -0.2) is 15.3 Å². The Labute approximate surface area is 100 Å². The molecule has 2 N–H and O–H groups in total. The number of aromatic nitrogens is 2. The first-order valence-electron chi connectivity index (χ1n) is 5.39. The molecule has 4 heteroatoms. The number of hydrogen-bond acceptors (Lipinski definition) is 3. The normalized spacial score (nSPS) is 10.5. The van der Waals surface area contributed by atoms with Gasteiger partial charge in [0.2, 0.25) is 5.78 Å². The number of nitrogen functional groups attached to an aromatic ring is 1. The fourth-order valence-corrected chi connectivity index (χ4v) is 1.82. The van der Waals surface area contributed by atoms with Crippen LogP contribution in [-0.2, 0) is 7.05 Å². The Hall–Kier alpha value is -2.10. The van der Waals surface area contributed by atoms with Crippen LogP contribution in [0.2, 0.25) is 0 Å². The van der Waals surface area contributed by atoms with Gasteiger partial charge < -0.3 is 10.3 Å². The summed E-state index contributed by atoms with van der Waals surface area (Å²) in [6, 6.07) is 3.65. The fourth-order valence-electron chi connectivity index (χ4n) is 1.82. The summed E-state index contributed by atoms with van der Waals surface area (Å²) < 4.78 is 1.71. The molecular formula is C13H15N3O. The van der Waals surface area contributed by atoms with E-state index >= 15 is 0 Å². The van der Waals surface area contributed by atoms with Gasteiger partial charge in [-0.1, -0.05) is 6.07 Å². The van der Waals surface area contributed by atoms with Crippen LogP contribution in [0.3, 0.4) is 0 Å². The first kappa shape index (κ1) is 11.4. The second-order valence-electron chi connectivity index (χ2n) is 4.21. The molecule has 0 spiro atoms. The van der Waals surface area contributed by atoms with Crippen molar-refractivity contribution in [2.24, 2.45) is 7.05 Å². The summed E-state index contributed by atoms with van der Waals surface area (Å²) in [5.41, 5.74) is 8.99. The number of nitrogens with two attached hydrogens (primary N) is 1. The first-order valence-corrected chi connectivity index (χ1v) is 5.39. The minimum atomic E-state index is -0.0956. The standard InChI is InChI=1S/C13H15N3O/c1-8-6-9(2)11(14)7-10(8)12(17)13-15-4-5-16(13)3/h4-7H,14H2,1-3H3. The average molecular weight is 229 g/mol. The molecule has 0 fully saturated rings. The van der Waals surface area contributed by atoms with Crippen LogP contribution >= 0.6 is 0 Å². The van der Waals surface area contributed by atoms with Crippen LogP contribution in [0.4, 0.5) is 5.69 Å². The van der Waals surface area contributed by atoms with Crippen molar-refractivity contribution in [2.45, 2.75) is 13.8 Å². The topological polar surface area (TPSA) is 60.9 Å². The van der Waals surface area contributed by atoms with E-state index in [0.29, 0.717) is 17.1 Å². The van der Waals surface area contributed by atoms with Crippen LogP contribution in [0.25, 0.3) is 0 Å². The predicted molar refractivity (Wildman–Crippen MR) is 67.0 cm³/mol. The molecule has 4 nitrogen and oxygen atoms in total. The van der Waals surface area contributed by atoms with Gasteiger partial charge in [-0.2, -0.15) is 0 Å². The first-order chi connectivity index (χ1) is 8.00. The van der Waals surface area contributed by atoms with Gasteiger partial charge in [0.05, 0.1) is 0 Å². The number of imidazole rings is 1. The minimum absolute atomic E-state index is 0.0956. The molecule has 2 aromatic rings. The minimum Gasteiger partial charge on any atom is -0.398 e. The Kier molecular flexibility index (Phi) is 2.71. The molecule has 1 heterocycles. The highest BCUT2D eigenvalue weighted by Gasteiger charge is 2.16. The average Bonchev–Trinajstić information content (AvgIpc) is 2.69.